The van der Waals surface area contributed by atoms with E-state index in [1.54, 1.807) is 21.3 Å². The van der Waals surface area contributed by atoms with Gasteiger partial charge in [-0.25, -0.2) is 0 Å². The van der Waals surface area contributed by atoms with Gasteiger partial charge < -0.3 is 20.5 Å². The first-order chi connectivity index (χ1) is 10.1. The summed E-state index contributed by atoms with van der Waals surface area (Å²) in [6.07, 6.45) is 0.681. The summed E-state index contributed by atoms with van der Waals surface area (Å²) in [4.78, 5) is 14.0. The highest BCUT2D eigenvalue weighted by molar-refractivity contribution is 5.81. The number of likely N-dealkylation sites (N-methyl/N-ethyl adjacent to an activating group) is 1. The van der Waals surface area contributed by atoms with E-state index in [0.717, 1.165) is 17.1 Å². The molecular weight excluding hydrogens is 270 g/mol. The van der Waals surface area contributed by atoms with E-state index in [1.165, 1.54) is 0 Å². The standard InChI is InChI=1S/C15H23N3O3/c1-17-15(19)14-6-11(16)9-18(14)8-10-4-12(20-2)7-13(5-10)21-3/h4-5,7,11,14H,6,8-9,16H2,1-3H3,(H,17,19)/t11-,14+/m1/s1. The van der Waals surface area contributed by atoms with Crippen LogP contribution >= 0.6 is 0 Å². The van der Waals surface area contributed by atoms with Gasteiger partial charge in [0.2, 0.25) is 5.91 Å². The predicted molar refractivity (Wildman–Crippen MR) is 80.4 cm³/mol. The molecule has 1 saturated heterocycles. The largest absolute Gasteiger partial charge is 0.497 e. The number of hydrogen-bond donors (Lipinski definition) is 2. The van der Waals surface area contributed by atoms with Crippen LogP contribution in [0.3, 0.4) is 0 Å². The van der Waals surface area contributed by atoms with Gasteiger partial charge in [0.25, 0.3) is 0 Å². The molecule has 1 aromatic carbocycles. The Morgan fingerprint density at radius 1 is 1.33 bits per heavy atom. The highest BCUT2D eigenvalue weighted by Crippen LogP contribution is 2.26. The first-order valence-corrected chi connectivity index (χ1v) is 7.00. The van der Waals surface area contributed by atoms with Crippen LogP contribution in [-0.2, 0) is 11.3 Å². The summed E-state index contributed by atoms with van der Waals surface area (Å²) in [5, 5.41) is 2.70. The quantitative estimate of drug-likeness (QED) is 0.819. The molecule has 116 valence electrons. The van der Waals surface area contributed by atoms with Crippen LogP contribution in [0, 0.1) is 0 Å². The lowest BCUT2D eigenvalue weighted by Gasteiger charge is -2.23. The number of nitrogens with one attached hydrogen (secondary N) is 1. The lowest BCUT2D eigenvalue weighted by Crippen LogP contribution is -2.41. The van der Waals surface area contributed by atoms with Crippen molar-refractivity contribution in [3.05, 3.63) is 23.8 Å². The van der Waals surface area contributed by atoms with Gasteiger partial charge in [-0.05, 0) is 24.1 Å². The molecule has 3 N–H and O–H groups in total. The third kappa shape index (κ3) is 3.65. The van der Waals surface area contributed by atoms with Crippen molar-refractivity contribution >= 4 is 5.91 Å². The van der Waals surface area contributed by atoms with E-state index in [9.17, 15) is 4.79 Å². The maximum Gasteiger partial charge on any atom is 0.237 e. The number of carbonyl (C=O) groups excluding carboxylic acids is 1. The second-order valence-electron chi connectivity index (χ2n) is 5.28. The molecule has 21 heavy (non-hydrogen) atoms. The number of nitrogens with two attached hydrogens (primary N) is 1. The molecule has 2 atom stereocenters. The fraction of sp³-hybridized carbons (Fsp3) is 0.533. The molecule has 1 aliphatic rings. The van der Waals surface area contributed by atoms with Gasteiger partial charge in [0.1, 0.15) is 11.5 Å². The van der Waals surface area contributed by atoms with E-state index in [-0.39, 0.29) is 18.0 Å². The van der Waals surface area contributed by atoms with Gasteiger partial charge in [0.15, 0.2) is 0 Å². The Bertz CT molecular complexity index is 485. The summed E-state index contributed by atoms with van der Waals surface area (Å²) in [5.74, 6) is 1.49. The van der Waals surface area contributed by atoms with Crippen LogP contribution in [-0.4, -0.2) is 50.7 Å². The summed E-state index contributed by atoms with van der Waals surface area (Å²) in [7, 11) is 4.90. The third-order valence-corrected chi connectivity index (χ3v) is 3.78. The van der Waals surface area contributed by atoms with Crippen molar-refractivity contribution in [1.82, 2.24) is 10.2 Å². The van der Waals surface area contributed by atoms with Gasteiger partial charge >= 0.3 is 0 Å². The van der Waals surface area contributed by atoms with Gasteiger partial charge in [-0.15, -0.1) is 0 Å². The van der Waals surface area contributed by atoms with Crippen molar-refractivity contribution in [2.45, 2.75) is 25.0 Å². The van der Waals surface area contributed by atoms with Crippen molar-refractivity contribution in [2.75, 3.05) is 27.8 Å². The SMILES string of the molecule is CNC(=O)[C@@H]1C[C@@H](N)CN1Cc1cc(OC)cc(OC)c1. The fourth-order valence-electron chi connectivity index (χ4n) is 2.75. The lowest BCUT2D eigenvalue weighted by atomic mass is 10.1. The zero-order valence-corrected chi connectivity index (χ0v) is 12.8. The Balaban J connectivity index is 2.17. The minimum Gasteiger partial charge on any atom is -0.497 e. The van der Waals surface area contributed by atoms with Crippen LogP contribution in [0.2, 0.25) is 0 Å². The zero-order valence-electron chi connectivity index (χ0n) is 12.8. The number of nitrogens with zero attached hydrogens (tertiary/aromatic N) is 1. The number of methoxy groups -OCH3 is 2. The minimum absolute atomic E-state index is 0.0119. The number of amides is 1. The second kappa shape index (κ2) is 6.78. The predicted octanol–water partition coefficient (Wildman–Crippen LogP) is 0.351. The molecule has 6 heteroatoms. The molecule has 0 radical (unpaired) electrons. The van der Waals surface area contributed by atoms with E-state index in [2.05, 4.69) is 10.2 Å². The van der Waals surface area contributed by atoms with Gasteiger partial charge in [-0.3, -0.25) is 9.69 Å². The molecule has 0 spiro atoms. The van der Waals surface area contributed by atoms with Crippen LogP contribution < -0.4 is 20.5 Å². The number of ether oxygens (including phenoxy) is 2. The molecule has 1 aliphatic heterocycles. The molecule has 0 bridgehead atoms. The molecule has 1 heterocycles. The summed E-state index contributed by atoms with van der Waals surface area (Å²) in [5.41, 5.74) is 7.04. The molecule has 1 fully saturated rings. The molecule has 1 amide bonds. The molecule has 6 nitrogen and oxygen atoms in total. The van der Waals surface area contributed by atoms with Gasteiger partial charge in [-0.2, -0.15) is 0 Å². The Kier molecular flexibility index (Phi) is 5.03. The van der Waals surface area contributed by atoms with Crippen LogP contribution in [0.1, 0.15) is 12.0 Å². The first-order valence-electron chi connectivity index (χ1n) is 7.00. The number of likely N-dealkylation sites (tertiary alicyclic amines) is 1. The smallest absolute Gasteiger partial charge is 0.237 e. The zero-order chi connectivity index (χ0) is 15.4. The highest BCUT2D eigenvalue weighted by Gasteiger charge is 2.34. The average Bonchev–Trinajstić information content (AvgIpc) is 2.86. The third-order valence-electron chi connectivity index (χ3n) is 3.78. The lowest BCUT2D eigenvalue weighted by molar-refractivity contribution is -0.125. The van der Waals surface area contributed by atoms with Crippen LogP contribution in [0.25, 0.3) is 0 Å². The van der Waals surface area contributed by atoms with Crippen LogP contribution in [0.5, 0.6) is 11.5 Å². The number of hydrogen-bond acceptors (Lipinski definition) is 5. The van der Waals surface area contributed by atoms with Crippen molar-refractivity contribution < 1.29 is 14.3 Å². The minimum atomic E-state index is -0.179. The second-order valence-corrected chi connectivity index (χ2v) is 5.28. The van der Waals surface area contributed by atoms with E-state index >= 15 is 0 Å². The molecule has 1 aromatic rings. The maximum atomic E-state index is 11.9. The first kappa shape index (κ1) is 15.6. The molecule has 0 unspecified atom stereocenters. The summed E-state index contributed by atoms with van der Waals surface area (Å²) in [6.45, 7) is 1.34. The molecule has 2 rings (SSSR count). The Morgan fingerprint density at radius 3 is 2.48 bits per heavy atom. The van der Waals surface area contributed by atoms with E-state index in [1.807, 2.05) is 18.2 Å². The average molecular weight is 293 g/mol. The van der Waals surface area contributed by atoms with Crippen molar-refractivity contribution in [3.8, 4) is 11.5 Å². The highest BCUT2D eigenvalue weighted by atomic mass is 16.5. The van der Waals surface area contributed by atoms with Gasteiger partial charge in [0.05, 0.1) is 20.3 Å². The number of carbonyl (C=O) groups is 1. The molecule has 0 saturated carbocycles. The number of benzene rings is 1. The van der Waals surface area contributed by atoms with Crippen molar-refractivity contribution in [1.29, 1.82) is 0 Å². The topological polar surface area (TPSA) is 76.8 Å². The molecule has 0 aromatic heterocycles. The maximum absolute atomic E-state index is 11.9. The molecule has 0 aliphatic carbocycles. The fourth-order valence-corrected chi connectivity index (χ4v) is 2.75. The molecular formula is C15H23N3O3. The Morgan fingerprint density at radius 2 is 1.95 bits per heavy atom. The summed E-state index contributed by atoms with van der Waals surface area (Å²) in [6, 6.07) is 5.58. The van der Waals surface area contributed by atoms with Crippen molar-refractivity contribution in [3.63, 3.8) is 0 Å². The van der Waals surface area contributed by atoms with Gasteiger partial charge in [0, 0.05) is 32.2 Å². The Hall–Kier alpha value is -1.79. The van der Waals surface area contributed by atoms with Gasteiger partial charge in [-0.1, -0.05) is 0 Å². The monoisotopic (exact) mass is 293 g/mol. The van der Waals surface area contributed by atoms with E-state index in [0.29, 0.717) is 19.5 Å². The summed E-state index contributed by atoms with van der Waals surface area (Å²) >= 11 is 0. The summed E-state index contributed by atoms with van der Waals surface area (Å²) < 4.78 is 10.6. The van der Waals surface area contributed by atoms with Crippen LogP contribution in [0.4, 0.5) is 0 Å². The Labute approximate surface area is 125 Å². The normalized spacial score (nSPS) is 22.1. The number of rotatable bonds is 5. The van der Waals surface area contributed by atoms with E-state index in [4.69, 9.17) is 15.2 Å². The van der Waals surface area contributed by atoms with E-state index < -0.39 is 0 Å². The van der Waals surface area contributed by atoms with Crippen molar-refractivity contribution in [2.24, 2.45) is 5.73 Å². The van der Waals surface area contributed by atoms with Crippen LogP contribution in [0.15, 0.2) is 18.2 Å².